The van der Waals surface area contributed by atoms with E-state index in [9.17, 15) is 17.7 Å². The van der Waals surface area contributed by atoms with Gasteiger partial charge in [-0.2, -0.15) is 8.42 Å². The molecule has 29 heavy (non-hydrogen) atoms. The van der Waals surface area contributed by atoms with E-state index in [4.69, 9.17) is 4.42 Å². The molecule has 148 valence electrons. The second kappa shape index (κ2) is 7.73. The van der Waals surface area contributed by atoms with Gasteiger partial charge in [0.1, 0.15) is 11.3 Å². The van der Waals surface area contributed by atoms with Crippen LogP contribution in [0.2, 0.25) is 0 Å². The van der Waals surface area contributed by atoms with Crippen LogP contribution in [0, 0.1) is 0 Å². The van der Waals surface area contributed by atoms with Gasteiger partial charge in [-0.3, -0.25) is 8.93 Å². The molecule has 2 N–H and O–H groups in total. The molecule has 0 saturated heterocycles. The van der Waals surface area contributed by atoms with Crippen molar-refractivity contribution in [2.24, 2.45) is 0 Å². The Bertz CT molecular complexity index is 1280. The quantitative estimate of drug-likeness (QED) is 0.480. The van der Waals surface area contributed by atoms with Crippen LogP contribution in [0.15, 0.2) is 93.3 Å². The predicted molar refractivity (Wildman–Crippen MR) is 112 cm³/mol. The van der Waals surface area contributed by atoms with Crippen molar-refractivity contribution in [2.45, 2.75) is 15.7 Å². The maximum atomic E-state index is 12.7. The van der Waals surface area contributed by atoms with Crippen molar-refractivity contribution in [1.29, 1.82) is 0 Å². The van der Waals surface area contributed by atoms with Crippen LogP contribution in [0.3, 0.4) is 0 Å². The van der Waals surface area contributed by atoms with E-state index in [1.807, 2.05) is 0 Å². The molecule has 0 aliphatic rings. The van der Waals surface area contributed by atoms with E-state index in [-0.39, 0.29) is 22.3 Å². The maximum absolute atomic E-state index is 12.7. The number of benzene rings is 3. The topological polar surface area (TPSA) is 96.6 Å². The smallest absolute Gasteiger partial charge is 0.295 e. The Balaban J connectivity index is 1.55. The summed E-state index contributed by atoms with van der Waals surface area (Å²) in [5, 5.41) is 10.0. The molecule has 8 heteroatoms. The van der Waals surface area contributed by atoms with Crippen LogP contribution in [-0.4, -0.2) is 17.7 Å². The third kappa shape index (κ3) is 4.33. The fraction of sp³-hybridized carbons (Fsp3) is 0.0476. The molecule has 1 unspecified atom stereocenters. The molecular weight excluding hydrogens is 410 g/mol. The van der Waals surface area contributed by atoms with Crippen LogP contribution in [0.25, 0.3) is 11.0 Å². The van der Waals surface area contributed by atoms with Crippen molar-refractivity contribution < 1.29 is 22.2 Å². The molecule has 0 amide bonds. The van der Waals surface area contributed by atoms with Crippen LogP contribution in [0.1, 0.15) is 5.56 Å². The highest BCUT2D eigenvalue weighted by Gasteiger charge is 2.20. The van der Waals surface area contributed by atoms with Gasteiger partial charge in [0.15, 0.2) is 0 Å². The van der Waals surface area contributed by atoms with Crippen molar-refractivity contribution >= 4 is 37.5 Å². The Morgan fingerprint density at radius 1 is 0.931 bits per heavy atom. The first-order valence-electron chi connectivity index (χ1n) is 8.68. The average Bonchev–Trinajstić information content (AvgIpc) is 3.13. The Labute approximate surface area is 170 Å². The van der Waals surface area contributed by atoms with Gasteiger partial charge in [0, 0.05) is 16.3 Å². The minimum atomic E-state index is -3.93. The lowest BCUT2D eigenvalue weighted by atomic mass is 10.2. The molecule has 6 nitrogen and oxygen atoms in total. The molecule has 3 aromatic carbocycles. The summed E-state index contributed by atoms with van der Waals surface area (Å²) in [5.41, 5.74) is 1.48. The lowest BCUT2D eigenvalue weighted by molar-refractivity contribution is 0.475. The molecule has 4 aromatic rings. The van der Waals surface area contributed by atoms with Crippen LogP contribution < -0.4 is 4.72 Å². The highest BCUT2D eigenvalue weighted by atomic mass is 32.2. The Morgan fingerprint density at radius 2 is 1.72 bits per heavy atom. The highest BCUT2D eigenvalue weighted by Crippen LogP contribution is 2.25. The number of aromatic hydroxyl groups is 1. The van der Waals surface area contributed by atoms with Crippen LogP contribution in [0.5, 0.6) is 5.75 Å². The number of rotatable bonds is 6. The summed E-state index contributed by atoms with van der Waals surface area (Å²) in [7, 11) is -5.34. The predicted octanol–water partition coefficient (Wildman–Crippen LogP) is 4.25. The van der Waals surface area contributed by atoms with Crippen molar-refractivity contribution in [3.05, 3.63) is 84.4 Å². The maximum Gasteiger partial charge on any atom is 0.295 e. The number of anilines is 1. The van der Waals surface area contributed by atoms with Crippen molar-refractivity contribution in [3.63, 3.8) is 0 Å². The zero-order valence-corrected chi connectivity index (χ0v) is 16.7. The van der Waals surface area contributed by atoms with Gasteiger partial charge >= 0.3 is 0 Å². The zero-order valence-electron chi connectivity index (χ0n) is 15.1. The Hall–Kier alpha value is -3.10. The van der Waals surface area contributed by atoms with E-state index >= 15 is 0 Å². The molecule has 1 heterocycles. The zero-order chi connectivity index (χ0) is 20.4. The van der Waals surface area contributed by atoms with E-state index in [1.165, 1.54) is 12.1 Å². The molecule has 0 bridgehead atoms. The number of nitrogens with one attached hydrogen (secondary N) is 1. The van der Waals surface area contributed by atoms with Crippen LogP contribution >= 0.6 is 0 Å². The third-order valence-corrected chi connectivity index (χ3v) is 6.84. The molecule has 4 rings (SSSR count). The Morgan fingerprint density at radius 3 is 2.52 bits per heavy atom. The van der Waals surface area contributed by atoms with Gasteiger partial charge in [0.25, 0.3) is 10.0 Å². The summed E-state index contributed by atoms with van der Waals surface area (Å²) in [6.07, 6.45) is 0. The average molecular weight is 428 g/mol. The van der Waals surface area contributed by atoms with E-state index in [0.29, 0.717) is 15.9 Å². The van der Waals surface area contributed by atoms with Gasteiger partial charge in [-0.25, -0.2) is 0 Å². The number of sulfonamides is 1. The number of fused-ring (bicyclic) bond motifs is 1. The van der Waals surface area contributed by atoms with E-state index in [2.05, 4.69) is 4.72 Å². The Kier molecular flexibility index (Phi) is 5.12. The molecule has 0 aliphatic carbocycles. The minimum absolute atomic E-state index is 0.104. The van der Waals surface area contributed by atoms with E-state index < -0.39 is 20.8 Å². The summed E-state index contributed by atoms with van der Waals surface area (Å²) in [5.74, 6) is 0.306. The van der Waals surface area contributed by atoms with Gasteiger partial charge in [-0.05, 0) is 42.0 Å². The van der Waals surface area contributed by atoms with Gasteiger partial charge in [0.05, 0.1) is 22.2 Å². The summed E-state index contributed by atoms with van der Waals surface area (Å²) < 4.78 is 45.9. The highest BCUT2D eigenvalue weighted by molar-refractivity contribution is 7.92. The molecule has 0 fully saturated rings. The molecule has 1 aromatic heterocycles. The van der Waals surface area contributed by atoms with Crippen molar-refractivity contribution in [1.82, 2.24) is 0 Å². The number of hydrogen-bond donors (Lipinski definition) is 2. The van der Waals surface area contributed by atoms with Crippen molar-refractivity contribution in [2.75, 3.05) is 4.72 Å². The number of hydrogen-bond acceptors (Lipinski definition) is 5. The largest absolute Gasteiger partial charge is 0.508 e. The first-order valence-corrected chi connectivity index (χ1v) is 11.5. The summed E-state index contributed by atoms with van der Waals surface area (Å²) in [4.78, 5) is 0.471. The van der Waals surface area contributed by atoms with Crippen molar-refractivity contribution in [3.8, 4) is 5.75 Å². The molecular formula is C21H17NO5S2. The second-order valence-electron chi connectivity index (χ2n) is 6.40. The minimum Gasteiger partial charge on any atom is -0.508 e. The standard InChI is InChI=1S/C21H17NO5S2/c23-18-8-3-5-15(11-18)14-28(24)19-9-4-7-17(13-19)22-29(25,26)21-12-16-6-1-2-10-20(16)27-21/h1-13,22-23H,14H2. The van der Waals surface area contributed by atoms with E-state index in [1.54, 1.807) is 66.7 Å². The monoisotopic (exact) mass is 427 g/mol. The van der Waals surface area contributed by atoms with E-state index in [0.717, 1.165) is 5.56 Å². The van der Waals surface area contributed by atoms with Gasteiger partial charge in [-0.1, -0.05) is 36.4 Å². The van der Waals surface area contributed by atoms with Crippen LogP contribution in [-0.2, 0) is 26.6 Å². The molecule has 0 spiro atoms. The first-order chi connectivity index (χ1) is 13.9. The SMILES string of the molecule is O=S(Cc1cccc(O)c1)c1cccc(NS(=O)(=O)c2cc3ccccc3o2)c1. The second-order valence-corrected chi connectivity index (χ2v) is 9.46. The third-order valence-electron chi connectivity index (χ3n) is 4.23. The molecule has 0 saturated carbocycles. The van der Waals surface area contributed by atoms with Crippen LogP contribution in [0.4, 0.5) is 5.69 Å². The number of furan rings is 1. The summed E-state index contributed by atoms with van der Waals surface area (Å²) in [6, 6.07) is 21.4. The number of phenols is 1. The fourth-order valence-corrected chi connectivity index (χ4v) is 5.03. The summed E-state index contributed by atoms with van der Waals surface area (Å²) >= 11 is 0. The number of para-hydroxylation sites is 1. The summed E-state index contributed by atoms with van der Waals surface area (Å²) in [6.45, 7) is 0. The molecule has 1 atom stereocenters. The number of phenolic OH excluding ortho intramolecular Hbond substituents is 1. The van der Waals surface area contributed by atoms with Gasteiger partial charge < -0.3 is 9.52 Å². The lowest BCUT2D eigenvalue weighted by Gasteiger charge is -2.08. The van der Waals surface area contributed by atoms with Gasteiger partial charge in [-0.15, -0.1) is 0 Å². The first kappa shape index (κ1) is 19.2. The fourth-order valence-electron chi connectivity index (χ4n) is 2.88. The normalized spacial score (nSPS) is 12.7. The molecule has 0 radical (unpaired) electrons. The molecule has 0 aliphatic heterocycles. The lowest BCUT2D eigenvalue weighted by Crippen LogP contribution is -2.12. The van der Waals surface area contributed by atoms with Gasteiger partial charge in [0.2, 0.25) is 5.09 Å².